The summed E-state index contributed by atoms with van der Waals surface area (Å²) in [5.74, 6) is -0.227. The van der Waals surface area contributed by atoms with Crippen LogP contribution in [0.5, 0.6) is 0 Å². The Bertz CT molecular complexity index is 1170. The lowest BCUT2D eigenvalue weighted by atomic mass is 9.84. The highest BCUT2D eigenvalue weighted by Gasteiger charge is 2.22. The van der Waals surface area contributed by atoms with Gasteiger partial charge in [0.05, 0.1) is 17.4 Å². The molecule has 0 radical (unpaired) electrons. The fraction of sp³-hybridized carbons (Fsp3) is 0.379. The van der Waals surface area contributed by atoms with E-state index in [4.69, 9.17) is 0 Å². The average Bonchev–Trinajstić information content (AvgIpc) is 2.92. The average molecular weight is 471 g/mol. The molecule has 0 bridgehead atoms. The molecule has 2 heterocycles. The van der Waals surface area contributed by atoms with Gasteiger partial charge in [-0.3, -0.25) is 4.98 Å². The molecule has 35 heavy (non-hydrogen) atoms. The largest absolute Gasteiger partial charge is 0.478 e. The molecule has 1 aliphatic heterocycles. The Morgan fingerprint density at radius 1 is 1.09 bits per heavy atom. The number of carbonyl (C=O) groups is 1. The second-order valence-corrected chi connectivity index (χ2v) is 9.73. The molecule has 2 aromatic carbocycles. The molecule has 1 saturated carbocycles. The minimum absolute atomic E-state index is 0.106. The van der Waals surface area contributed by atoms with Crippen molar-refractivity contribution in [1.29, 1.82) is 0 Å². The van der Waals surface area contributed by atoms with Gasteiger partial charge in [0.1, 0.15) is 0 Å². The zero-order chi connectivity index (χ0) is 24.2. The van der Waals surface area contributed by atoms with Crippen molar-refractivity contribution < 1.29 is 9.90 Å². The number of carboxylic acids is 1. The standard InChI is InChI=1S/C29H34N4O2/c1-33(23-9-7-21(8-10-23)20-5-3-2-4-6-20)24-11-12-25-22(17-24)13-16-31-28(25)19-32-27-18-30-15-14-26(27)29(34)35/h7-12,14-15,17-18,20,28,31-32H,2-6,13,16,19H2,1H3,(H,34,35). The first-order valence-corrected chi connectivity index (χ1v) is 12.7. The third-order valence-electron chi connectivity index (χ3n) is 7.58. The number of aromatic nitrogens is 1. The van der Waals surface area contributed by atoms with Gasteiger partial charge in [0.15, 0.2) is 0 Å². The van der Waals surface area contributed by atoms with E-state index in [2.05, 4.69) is 70.0 Å². The molecule has 1 fully saturated rings. The van der Waals surface area contributed by atoms with E-state index in [0.29, 0.717) is 12.2 Å². The summed E-state index contributed by atoms with van der Waals surface area (Å²) in [7, 11) is 2.13. The first-order chi connectivity index (χ1) is 17.1. The quantitative estimate of drug-likeness (QED) is 0.399. The zero-order valence-electron chi connectivity index (χ0n) is 20.3. The Labute approximate surface area is 207 Å². The molecule has 6 heteroatoms. The molecule has 1 aliphatic carbocycles. The molecule has 3 aromatic rings. The fourth-order valence-electron chi connectivity index (χ4n) is 5.52. The topological polar surface area (TPSA) is 77.5 Å². The Morgan fingerprint density at radius 3 is 2.63 bits per heavy atom. The molecule has 3 N–H and O–H groups in total. The maximum atomic E-state index is 11.5. The van der Waals surface area contributed by atoms with Crippen molar-refractivity contribution in [3.05, 3.63) is 83.2 Å². The number of hydrogen-bond donors (Lipinski definition) is 3. The zero-order valence-corrected chi connectivity index (χ0v) is 20.3. The maximum absolute atomic E-state index is 11.5. The Hall–Kier alpha value is -3.38. The van der Waals surface area contributed by atoms with Crippen molar-refractivity contribution in [1.82, 2.24) is 10.3 Å². The van der Waals surface area contributed by atoms with Crippen molar-refractivity contribution in [2.75, 3.05) is 30.4 Å². The number of carboxylic acid groups (broad SMARTS) is 1. The van der Waals surface area contributed by atoms with Crippen molar-refractivity contribution in [3.8, 4) is 0 Å². The molecular formula is C29H34N4O2. The van der Waals surface area contributed by atoms with Gasteiger partial charge in [0, 0.05) is 37.2 Å². The normalized spacial score (nSPS) is 18.0. The molecule has 1 aromatic heterocycles. The predicted octanol–water partition coefficient (Wildman–Crippen LogP) is 5.89. The summed E-state index contributed by atoms with van der Waals surface area (Å²) in [6.45, 7) is 1.48. The molecule has 182 valence electrons. The van der Waals surface area contributed by atoms with Crippen LogP contribution in [0.15, 0.2) is 60.9 Å². The lowest BCUT2D eigenvalue weighted by Gasteiger charge is -2.30. The van der Waals surface area contributed by atoms with E-state index in [0.717, 1.165) is 18.9 Å². The van der Waals surface area contributed by atoms with Gasteiger partial charge < -0.3 is 20.6 Å². The van der Waals surface area contributed by atoms with E-state index in [1.807, 2.05) is 0 Å². The second kappa shape index (κ2) is 10.5. The summed E-state index contributed by atoms with van der Waals surface area (Å²) in [5.41, 5.74) is 7.24. The SMILES string of the molecule is CN(c1ccc(C2CCCCC2)cc1)c1ccc2c(c1)CCNC2CNc1cnccc1C(=O)O. The molecule has 6 nitrogen and oxygen atoms in total. The summed E-state index contributed by atoms with van der Waals surface area (Å²) in [4.78, 5) is 17.8. The Morgan fingerprint density at radius 2 is 1.86 bits per heavy atom. The Balaban J connectivity index is 1.29. The highest BCUT2D eigenvalue weighted by Crippen LogP contribution is 2.35. The third kappa shape index (κ3) is 5.17. The molecule has 1 unspecified atom stereocenters. The summed E-state index contributed by atoms with van der Waals surface area (Å²) in [6.07, 6.45) is 10.8. The number of anilines is 3. The van der Waals surface area contributed by atoms with Gasteiger partial charge in [-0.05, 0) is 78.7 Å². The van der Waals surface area contributed by atoms with Gasteiger partial charge in [-0.2, -0.15) is 0 Å². The van der Waals surface area contributed by atoms with Crippen LogP contribution in [0.2, 0.25) is 0 Å². The number of hydrogen-bond acceptors (Lipinski definition) is 5. The fourth-order valence-corrected chi connectivity index (χ4v) is 5.52. The first kappa shape index (κ1) is 23.4. The number of benzene rings is 2. The number of aromatic carboxylic acids is 1. The molecule has 1 atom stereocenters. The van der Waals surface area contributed by atoms with E-state index in [1.54, 1.807) is 6.20 Å². The van der Waals surface area contributed by atoms with Gasteiger partial charge in [-0.15, -0.1) is 0 Å². The molecule has 5 rings (SSSR count). The summed E-state index contributed by atoms with van der Waals surface area (Å²) in [5, 5.41) is 16.3. The first-order valence-electron chi connectivity index (χ1n) is 12.7. The van der Waals surface area contributed by atoms with Crippen molar-refractivity contribution in [2.24, 2.45) is 0 Å². The van der Waals surface area contributed by atoms with Crippen molar-refractivity contribution >= 4 is 23.0 Å². The van der Waals surface area contributed by atoms with Gasteiger partial charge in [-0.1, -0.05) is 37.5 Å². The highest BCUT2D eigenvalue weighted by molar-refractivity contribution is 5.93. The highest BCUT2D eigenvalue weighted by atomic mass is 16.4. The molecule has 0 amide bonds. The van der Waals surface area contributed by atoms with E-state index in [9.17, 15) is 9.90 Å². The van der Waals surface area contributed by atoms with Crippen LogP contribution >= 0.6 is 0 Å². The summed E-state index contributed by atoms with van der Waals surface area (Å²) < 4.78 is 0. The summed E-state index contributed by atoms with van der Waals surface area (Å²) in [6, 6.07) is 17.5. The van der Waals surface area contributed by atoms with E-state index in [1.165, 1.54) is 72.4 Å². The van der Waals surface area contributed by atoms with Crippen LogP contribution < -0.4 is 15.5 Å². The molecule has 0 saturated heterocycles. The molecule has 2 aliphatic rings. The van der Waals surface area contributed by atoms with Crippen LogP contribution in [-0.2, 0) is 6.42 Å². The van der Waals surface area contributed by atoms with Gasteiger partial charge in [-0.25, -0.2) is 4.79 Å². The van der Waals surface area contributed by atoms with Crippen LogP contribution in [0.4, 0.5) is 17.1 Å². The van der Waals surface area contributed by atoms with Crippen LogP contribution in [-0.4, -0.2) is 36.2 Å². The monoisotopic (exact) mass is 470 g/mol. The smallest absolute Gasteiger partial charge is 0.337 e. The second-order valence-electron chi connectivity index (χ2n) is 9.73. The number of rotatable bonds is 7. The number of nitrogens with zero attached hydrogens (tertiary/aromatic N) is 2. The van der Waals surface area contributed by atoms with Crippen LogP contribution in [0, 0.1) is 0 Å². The van der Waals surface area contributed by atoms with Crippen LogP contribution in [0.3, 0.4) is 0 Å². The summed E-state index contributed by atoms with van der Waals surface area (Å²) >= 11 is 0. The predicted molar refractivity (Wildman–Crippen MR) is 141 cm³/mol. The molecular weight excluding hydrogens is 436 g/mol. The van der Waals surface area contributed by atoms with Crippen LogP contribution in [0.25, 0.3) is 0 Å². The van der Waals surface area contributed by atoms with Gasteiger partial charge in [0.2, 0.25) is 0 Å². The third-order valence-corrected chi connectivity index (χ3v) is 7.58. The van der Waals surface area contributed by atoms with E-state index in [-0.39, 0.29) is 11.6 Å². The Kier molecular flexibility index (Phi) is 7.00. The van der Waals surface area contributed by atoms with E-state index >= 15 is 0 Å². The number of nitrogens with one attached hydrogen (secondary N) is 2. The minimum Gasteiger partial charge on any atom is -0.478 e. The van der Waals surface area contributed by atoms with Gasteiger partial charge in [0.25, 0.3) is 0 Å². The van der Waals surface area contributed by atoms with E-state index < -0.39 is 5.97 Å². The number of pyridine rings is 1. The van der Waals surface area contributed by atoms with Crippen molar-refractivity contribution in [3.63, 3.8) is 0 Å². The lowest BCUT2D eigenvalue weighted by molar-refractivity contribution is 0.0697. The minimum atomic E-state index is -0.952. The maximum Gasteiger partial charge on any atom is 0.337 e. The van der Waals surface area contributed by atoms with Gasteiger partial charge >= 0.3 is 5.97 Å². The molecule has 0 spiro atoms. The lowest BCUT2D eigenvalue weighted by Crippen LogP contribution is -2.34. The number of fused-ring (bicyclic) bond motifs is 1. The van der Waals surface area contributed by atoms with Crippen molar-refractivity contribution in [2.45, 2.75) is 50.5 Å². The van der Waals surface area contributed by atoms with Crippen LogP contribution in [0.1, 0.15) is 71.1 Å².